The largest absolute Gasteiger partial charge is 0.0683 e. The molecule has 1 atom stereocenters. The van der Waals surface area contributed by atoms with Gasteiger partial charge in [-0.25, -0.2) is 0 Å². The van der Waals surface area contributed by atoms with Crippen LogP contribution in [0.3, 0.4) is 0 Å². The molecule has 0 heterocycles. The Kier molecular flexibility index (Phi) is 7.71. The lowest BCUT2D eigenvalue weighted by Crippen LogP contribution is -2.28. The van der Waals surface area contributed by atoms with E-state index < -0.39 is 0 Å². The third-order valence-electron chi connectivity index (χ3n) is 4.82. The first kappa shape index (κ1) is 20.2. The smallest absolute Gasteiger partial charge is 0.0108 e. The predicted molar refractivity (Wildman–Crippen MR) is 98.0 cm³/mol. The van der Waals surface area contributed by atoms with Crippen LogP contribution < -0.4 is 0 Å². The van der Waals surface area contributed by atoms with Crippen molar-refractivity contribution in [3.05, 3.63) is 35.4 Å². The Morgan fingerprint density at radius 1 is 0.857 bits per heavy atom. The lowest BCUT2D eigenvalue weighted by molar-refractivity contribution is 0.163. The normalized spacial score (nSPS) is 13.7. The fourth-order valence-corrected chi connectivity index (χ4v) is 2.48. The molecule has 0 aliphatic heterocycles. The molecule has 0 saturated carbocycles. The summed E-state index contributed by atoms with van der Waals surface area (Å²) in [4.78, 5) is 0. The molecule has 122 valence electrons. The van der Waals surface area contributed by atoms with E-state index in [1.807, 2.05) is 13.8 Å². The molecule has 0 heteroatoms. The second kappa shape index (κ2) is 8.01. The van der Waals surface area contributed by atoms with E-state index >= 15 is 0 Å². The molecule has 21 heavy (non-hydrogen) atoms. The zero-order valence-corrected chi connectivity index (χ0v) is 16.2. The van der Waals surface area contributed by atoms with Crippen LogP contribution in [0.2, 0.25) is 0 Å². The van der Waals surface area contributed by atoms with Crippen LogP contribution in [0.5, 0.6) is 0 Å². The van der Waals surface area contributed by atoms with Crippen molar-refractivity contribution in [1.82, 2.24) is 0 Å². The van der Waals surface area contributed by atoms with Gasteiger partial charge in [0.25, 0.3) is 0 Å². The molecule has 0 spiro atoms. The molecule has 1 unspecified atom stereocenters. The van der Waals surface area contributed by atoms with E-state index in [1.165, 1.54) is 17.5 Å². The summed E-state index contributed by atoms with van der Waals surface area (Å²) in [5, 5.41) is 0. The molecule has 0 bridgehead atoms. The van der Waals surface area contributed by atoms with Crippen LogP contribution in [0.4, 0.5) is 0 Å². The Morgan fingerprint density at radius 3 is 1.62 bits per heavy atom. The first-order chi connectivity index (χ1) is 9.54. The monoisotopic (exact) mass is 290 g/mol. The summed E-state index contributed by atoms with van der Waals surface area (Å²) >= 11 is 0. The predicted octanol–water partition coefficient (Wildman–Crippen LogP) is 7.22. The Hall–Kier alpha value is -0.780. The van der Waals surface area contributed by atoms with Crippen molar-refractivity contribution in [1.29, 1.82) is 0 Å². The van der Waals surface area contributed by atoms with Gasteiger partial charge in [0.2, 0.25) is 0 Å². The van der Waals surface area contributed by atoms with E-state index in [-0.39, 0.29) is 0 Å². The van der Waals surface area contributed by atoms with Crippen LogP contribution >= 0.6 is 0 Å². The van der Waals surface area contributed by atoms with E-state index in [4.69, 9.17) is 0 Å². The summed E-state index contributed by atoms with van der Waals surface area (Å²) in [6.07, 6.45) is 1.25. The van der Waals surface area contributed by atoms with Crippen molar-refractivity contribution in [3.8, 4) is 0 Å². The standard InChI is InChI=1S/C19H32.C2H6/c1-14(2)19(7,8)13-17(18(4,5)6)16-11-9-15(3)10-12-16;1-2/h9-12,14,17H,13H2,1-8H3;1-2H3. The fraction of sp³-hybridized carbons (Fsp3) is 0.714. The molecule has 0 N–H and O–H groups in total. The number of hydrogen-bond donors (Lipinski definition) is 0. The van der Waals surface area contributed by atoms with Gasteiger partial charge >= 0.3 is 0 Å². The second-order valence-electron chi connectivity index (χ2n) is 8.18. The minimum absolute atomic E-state index is 0.307. The molecule has 0 fully saturated rings. The second-order valence-corrected chi connectivity index (χ2v) is 8.18. The summed E-state index contributed by atoms with van der Waals surface area (Å²) in [7, 11) is 0. The van der Waals surface area contributed by atoms with Gasteiger partial charge < -0.3 is 0 Å². The summed E-state index contributed by atoms with van der Waals surface area (Å²) in [5.41, 5.74) is 3.52. The summed E-state index contributed by atoms with van der Waals surface area (Å²) < 4.78 is 0. The molecule has 0 aliphatic rings. The highest BCUT2D eigenvalue weighted by atomic mass is 14.4. The maximum absolute atomic E-state index is 2.41. The first-order valence-corrected chi connectivity index (χ1v) is 8.60. The topological polar surface area (TPSA) is 0 Å². The van der Waals surface area contributed by atoms with Crippen molar-refractivity contribution in [2.24, 2.45) is 16.7 Å². The zero-order valence-electron chi connectivity index (χ0n) is 16.2. The Balaban J connectivity index is 0.00000191. The molecule has 1 aromatic carbocycles. The van der Waals surface area contributed by atoms with Crippen LogP contribution in [0, 0.1) is 23.7 Å². The molecule has 1 aromatic rings. The third-order valence-corrected chi connectivity index (χ3v) is 4.82. The molecule has 0 radical (unpaired) electrons. The van der Waals surface area contributed by atoms with Gasteiger partial charge in [-0.3, -0.25) is 0 Å². The average molecular weight is 291 g/mol. The third kappa shape index (κ3) is 6.24. The number of rotatable bonds is 4. The molecule has 0 aliphatic carbocycles. The van der Waals surface area contributed by atoms with E-state index in [0.717, 1.165) is 0 Å². The number of benzene rings is 1. The highest BCUT2D eigenvalue weighted by Crippen LogP contribution is 2.45. The number of aryl methyl sites for hydroxylation is 1. The van der Waals surface area contributed by atoms with Crippen molar-refractivity contribution < 1.29 is 0 Å². The number of hydrogen-bond acceptors (Lipinski definition) is 0. The minimum Gasteiger partial charge on any atom is -0.0683 e. The van der Waals surface area contributed by atoms with Crippen LogP contribution in [-0.2, 0) is 0 Å². The van der Waals surface area contributed by atoms with Gasteiger partial charge in [-0.1, -0.05) is 92.1 Å². The van der Waals surface area contributed by atoms with Crippen LogP contribution in [0.15, 0.2) is 24.3 Å². The van der Waals surface area contributed by atoms with Crippen LogP contribution in [0.1, 0.15) is 85.8 Å². The van der Waals surface area contributed by atoms with Gasteiger partial charge in [0.05, 0.1) is 0 Å². The zero-order chi connectivity index (χ0) is 16.8. The average Bonchev–Trinajstić information content (AvgIpc) is 2.38. The summed E-state index contributed by atoms with van der Waals surface area (Å²) in [6, 6.07) is 9.14. The van der Waals surface area contributed by atoms with Gasteiger partial charge in [0, 0.05) is 0 Å². The lowest BCUT2D eigenvalue weighted by Gasteiger charge is -2.39. The molecule has 1 rings (SSSR count). The minimum atomic E-state index is 0.307. The quantitative estimate of drug-likeness (QED) is 0.549. The van der Waals surface area contributed by atoms with Gasteiger partial charge in [-0.15, -0.1) is 0 Å². The van der Waals surface area contributed by atoms with Crippen LogP contribution in [0.25, 0.3) is 0 Å². The highest BCUT2D eigenvalue weighted by Gasteiger charge is 2.33. The highest BCUT2D eigenvalue weighted by molar-refractivity contribution is 5.26. The Morgan fingerprint density at radius 2 is 1.29 bits per heavy atom. The van der Waals surface area contributed by atoms with Gasteiger partial charge in [-0.05, 0) is 41.6 Å². The molecule has 0 amide bonds. The van der Waals surface area contributed by atoms with Crippen molar-refractivity contribution >= 4 is 0 Å². The Labute approximate surface area is 134 Å². The van der Waals surface area contributed by atoms with Crippen LogP contribution in [-0.4, -0.2) is 0 Å². The molecule has 0 aromatic heterocycles. The molecule has 0 nitrogen and oxygen atoms in total. The maximum atomic E-state index is 2.41. The van der Waals surface area contributed by atoms with E-state index in [9.17, 15) is 0 Å². The Bertz CT molecular complexity index is 387. The van der Waals surface area contributed by atoms with E-state index in [1.54, 1.807) is 0 Å². The van der Waals surface area contributed by atoms with E-state index in [2.05, 4.69) is 79.7 Å². The maximum Gasteiger partial charge on any atom is -0.0108 e. The van der Waals surface area contributed by atoms with Crippen molar-refractivity contribution in [2.45, 2.75) is 81.6 Å². The van der Waals surface area contributed by atoms with Crippen molar-refractivity contribution in [3.63, 3.8) is 0 Å². The fourth-order valence-electron chi connectivity index (χ4n) is 2.48. The molecular weight excluding hydrogens is 252 g/mol. The van der Waals surface area contributed by atoms with Gasteiger partial charge in [0.1, 0.15) is 0 Å². The van der Waals surface area contributed by atoms with E-state index in [0.29, 0.717) is 22.7 Å². The van der Waals surface area contributed by atoms with Gasteiger partial charge in [-0.2, -0.15) is 0 Å². The molecule has 0 saturated heterocycles. The SMILES string of the molecule is CC.Cc1ccc(C(CC(C)(C)C(C)C)C(C)(C)C)cc1. The summed E-state index contributed by atoms with van der Waals surface area (Å²) in [6.45, 7) is 22.8. The first-order valence-electron chi connectivity index (χ1n) is 8.60. The summed E-state index contributed by atoms with van der Waals surface area (Å²) in [5.74, 6) is 1.33. The van der Waals surface area contributed by atoms with Gasteiger partial charge in [0.15, 0.2) is 0 Å². The van der Waals surface area contributed by atoms with Crippen molar-refractivity contribution in [2.75, 3.05) is 0 Å². The molecular formula is C21H38. The lowest BCUT2D eigenvalue weighted by atomic mass is 9.65.